The Balaban J connectivity index is 1.88. The maximum absolute atomic E-state index is 5.96. The van der Waals surface area contributed by atoms with Crippen molar-refractivity contribution in [3.63, 3.8) is 0 Å². The smallest absolute Gasteiger partial charge is 0.156 e. The van der Waals surface area contributed by atoms with Crippen LogP contribution in [0.2, 0.25) is 0 Å². The normalized spacial score (nSPS) is 18.6. The van der Waals surface area contributed by atoms with Gasteiger partial charge in [0.2, 0.25) is 0 Å². The number of pyridine rings is 1. The number of para-hydroxylation sites is 1. The molecule has 1 aromatic heterocycles. The molecule has 2 aromatic carbocycles. The van der Waals surface area contributed by atoms with Crippen LogP contribution in [-0.2, 0) is 5.54 Å². The number of benzene rings is 2. The van der Waals surface area contributed by atoms with E-state index in [9.17, 15) is 0 Å². The SMILES string of the molecule is C=C/C(=C\C=C/CC)c1nc2ccccc2c(C2=NCC(C)(c3ccccc3)N2)c1OC. The second-order valence-corrected chi connectivity index (χ2v) is 8.04. The van der Waals surface area contributed by atoms with E-state index in [0.717, 1.165) is 40.0 Å². The van der Waals surface area contributed by atoms with Crippen LogP contribution in [0.5, 0.6) is 5.75 Å². The number of ether oxygens (including phenoxy) is 1. The Morgan fingerprint density at radius 2 is 1.91 bits per heavy atom. The monoisotopic (exact) mass is 423 g/mol. The van der Waals surface area contributed by atoms with Crippen LogP contribution < -0.4 is 10.1 Å². The average Bonchev–Trinajstić information content (AvgIpc) is 3.24. The third-order valence-corrected chi connectivity index (χ3v) is 5.79. The summed E-state index contributed by atoms with van der Waals surface area (Å²) in [6, 6.07) is 18.5. The number of aliphatic imine (C=N–C) groups is 1. The van der Waals surface area contributed by atoms with Crippen molar-refractivity contribution in [2.75, 3.05) is 13.7 Å². The lowest BCUT2D eigenvalue weighted by molar-refractivity contribution is 0.411. The van der Waals surface area contributed by atoms with Gasteiger partial charge in [-0.05, 0) is 25.0 Å². The second-order valence-electron chi connectivity index (χ2n) is 8.04. The second kappa shape index (κ2) is 9.23. The molecular formula is C28H29N3O. The summed E-state index contributed by atoms with van der Waals surface area (Å²) in [4.78, 5) is 9.88. The number of nitrogens with one attached hydrogen (secondary N) is 1. The molecule has 32 heavy (non-hydrogen) atoms. The van der Waals surface area contributed by atoms with E-state index in [1.165, 1.54) is 5.56 Å². The summed E-state index contributed by atoms with van der Waals surface area (Å²) < 4.78 is 5.96. The van der Waals surface area contributed by atoms with Gasteiger partial charge >= 0.3 is 0 Å². The van der Waals surface area contributed by atoms with E-state index in [1.54, 1.807) is 7.11 Å². The Bertz CT molecular complexity index is 1220. The van der Waals surface area contributed by atoms with E-state index in [-0.39, 0.29) is 5.54 Å². The molecule has 1 aliphatic rings. The van der Waals surface area contributed by atoms with Gasteiger partial charge in [-0.1, -0.05) is 86.3 Å². The number of aromatic nitrogens is 1. The highest BCUT2D eigenvalue weighted by Gasteiger charge is 2.35. The van der Waals surface area contributed by atoms with Gasteiger partial charge in [-0.15, -0.1) is 0 Å². The minimum atomic E-state index is -0.285. The van der Waals surface area contributed by atoms with Crippen molar-refractivity contribution in [2.45, 2.75) is 25.8 Å². The summed E-state index contributed by atoms with van der Waals surface area (Å²) in [5.41, 5.74) is 4.40. The zero-order valence-electron chi connectivity index (χ0n) is 18.9. The minimum Gasteiger partial charge on any atom is -0.494 e. The number of methoxy groups -OCH3 is 1. The first kappa shape index (κ1) is 21.6. The van der Waals surface area contributed by atoms with Crippen molar-refractivity contribution in [1.29, 1.82) is 0 Å². The molecule has 4 nitrogen and oxygen atoms in total. The third-order valence-electron chi connectivity index (χ3n) is 5.79. The van der Waals surface area contributed by atoms with E-state index in [1.807, 2.05) is 42.5 Å². The molecule has 1 N–H and O–H groups in total. The van der Waals surface area contributed by atoms with Crippen molar-refractivity contribution >= 4 is 22.3 Å². The quantitative estimate of drug-likeness (QED) is 0.471. The van der Waals surface area contributed by atoms with Crippen LogP contribution in [0.4, 0.5) is 0 Å². The molecule has 0 spiro atoms. The first-order chi connectivity index (χ1) is 15.6. The first-order valence-electron chi connectivity index (χ1n) is 11.0. The zero-order valence-corrected chi connectivity index (χ0v) is 18.9. The highest BCUT2D eigenvalue weighted by atomic mass is 16.5. The number of rotatable bonds is 7. The topological polar surface area (TPSA) is 46.5 Å². The van der Waals surface area contributed by atoms with Crippen molar-refractivity contribution < 1.29 is 4.74 Å². The molecule has 0 amide bonds. The number of fused-ring (bicyclic) bond motifs is 1. The number of allylic oxidation sites excluding steroid dienone is 5. The van der Waals surface area contributed by atoms with Crippen molar-refractivity contribution in [2.24, 2.45) is 4.99 Å². The van der Waals surface area contributed by atoms with Crippen LogP contribution in [0.25, 0.3) is 16.5 Å². The lowest BCUT2D eigenvalue weighted by Gasteiger charge is -2.26. The van der Waals surface area contributed by atoms with Crippen LogP contribution in [-0.4, -0.2) is 24.5 Å². The molecule has 162 valence electrons. The highest BCUT2D eigenvalue weighted by molar-refractivity contribution is 6.13. The molecule has 4 heteroatoms. The maximum atomic E-state index is 5.96. The predicted octanol–water partition coefficient (Wildman–Crippen LogP) is 6.04. The molecule has 1 aliphatic heterocycles. The van der Waals surface area contributed by atoms with E-state index in [4.69, 9.17) is 14.7 Å². The predicted molar refractivity (Wildman–Crippen MR) is 134 cm³/mol. The highest BCUT2D eigenvalue weighted by Crippen LogP contribution is 2.37. The van der Waals surface area contributed by atoms with Crippen molar-refractivity contribution in [3.05, 3.63) is 102 Å². The van der Waals surface area contributed by atoms with E-state index < -0.39 is 0 Å². The number of nitrogens with zero attached hydrogens (tertiary/aromatic N) is 2. The Hall–Kier alpha value is -3.66. The van der Waals surface area contributed by atoms with Gasteiger partial charge in [-0.3, -0.25) is 4.99 Å². The summed E-state index contributed by atoms with van der Waals surface area (Å²) in [6.45, 7) is 8.95. The lowest BCUT2D eigenvalue weighted by atomic mass is 9.92. The Morgan fingerprint density at radius 1 is 1.16 bits per heavy atom. The molecule has 2 heterocycles. The Labute approximate surface area is 190 Å². The van der Waals surface area contributed by atoms with E-state index in [2.05, 4.69) is 62.2 Å². The molecule has 0 aliphatic carbocycles. The maximum Gasteiger partial charge on any atom is 0.156 e. The first-order valence-corrected chi connectivity index (χ1v) is 11.0. The molecule has 0 saturated carbocycles. The summed E-state index contributed by atoms with van der Waals surface area (Å²) in [5.74, 6) is 1.52. The van der Waals surface area contributed by atoms with Crippen LogP contribution in [0.15, 0.2) is 90.5 Å². The largest absolute Gasteiger partial charge is 0.494 e. The van der Waals surface area contributed by atoms with Crippen LogP contribution in [0.1, 0.15) is 37.1 Å². The fourth-order valence-corrected chi connectivity index (χ4v) is 4.06. The van der Waals surface area contributed by atoms with Gasteiger partial charge in [0, 0.05) is 11.0 Å². The number of hydrogen-bond acceptors (Lipinski definition) is 4. The Morgan fingerprint density at radius 3 is 2.62 bits per heavy atom. The Kier molecular flexibility index (Phi) is 6.22. The van der Waals surface area contributed by atoms with E-state index >= 15 is 0 Å². The molecule has 0 saturated heterocycles. The molecule has 0 bridgehead atoms. The fourth-order valence-electron chi connectivity index (χ4n) is 4.06. The van der Waals surface area contributed by atoms with Gasteiger partial charge < -0.3 is 10.1 Å². The summed E-state index contributed by atoms with van der Waals surface area (Å²) in [7, 11) is 1.69. The molecule has 0 radical (unpaired) electrons. The summed E-state index contributed by atoms with van der Waals surface area (Å²) in [6.07, 6.45) is 8.95. The molecular weight excluding hydrogens is 394 g/mol. The summed E-state index contributed by atoms with van der Waals surface area (Å²) in [5, 5.41) is 4.69. The van der Waals surface area contributed by atoms with Crippen molar-refractivity contribution in [1.82, 2.24) is 10.3 Å². The average molecular weight is 424 g/mol. The number of amidine groups is 1. The van der Waals surface area contributed by atoms with E-state index in [0.29, 0.717) is 12.3 Å². The molecule has 0 fully saturated rings. The lowest BCUT2D eigenvalue weighted by Crippen LogP contribution is -2.40. The van der Waals surface area contributed by atoms with Gasteiger partial charge in [-0.25, -0.2) is 4.98 Å². The zero-order chi connectivity index (χ0) is 22.6. The van der Waals surface area contributed by atoms with Crippen LogP contribution >= 0.6 is 0 Å². The van der Waals surface area contributed by atoms with Gasteiger partial charge in [0.05, 0.1) is 30.3 Å². The van der Waals surface area contributed by atoms with Gasteiger partial charge in [0.1, 0.15) is 11.5 Å². The van der Waals surface area contributed by atoms with Gasteiger partial charge in [-0.2, -0.15) is 0 Å². The molecule has 1 unspecified atom stereocenters. The molecule has 3 aromatic rings. The third kappa shape index (κ3) is 3.96. The summed E-state index contributed by atoms with van der Waals surface area (Å²) >= 11 is 0. The van der Waals surface area contributed by atoms with Gasteiger partial charge in [0.25, 0.3) is 0 Å². The molecule has 1 atom stereocenters. The van der Waals surface area contributed by atoms with Crippen LogP contribution in [0, 0.1) is 0 Å². The molecule has 4 rings (SSSR count). The standard InChI is InChI=1S/C28H29N3O/c1-5-7-9-14-20(6-2)25-26(32-4)24(22-17-12-13-18-23(22)30-25)27-29-19-28(3,31-27)21-15-10-8-11-16-21/h6-18H,2,5,19H2,1,3-4H3,(H,29,31)/b9-7-,20-14+. The van der Waals surface area contributed by atoms with Crippen LogP contribution in [0.3, 0.4) is 0 Å². The number of hydrogen-bond donors (Lipinski definition) is 1. The minimum absolute atomic E-state index is 0.285. The fraction of sp³-hybridized carbons (Fsp3) is 0.214. The van der Waals surface area contributed by atoms with Gasteiger partial charge in [0.15, 0.2) is 5.75 Å². The van der Waals surface area contributed by atoms with Crippen molar-refractivity contribution in [3.8, 4) is 5.75 Å².